The van der Waals surface area contributed by atoms with E-state index in [2.05, 4.69) is 11.9 Å². The molecule has 0 amide bonds. The number of piperidine rings is 2. The molecule has 3 rings (SSSR count). The van der Waals surface area contributed by atoms with E-state index >= 15 is 0 Å². The number of halogens is 1. The SMILES string of the molecule is Cc1cccc(CC(=O)C2CC3CCCC(C2)N3C)c1F. The Labute approximate surface area is 126 Å². The molecule has 2 fully saturated rings. The summed E-state index contributed by atoms with van der Waals surface area (Å²) in [5.41, 5.74) is 1.18. The Morgan fingerprint density at radius 2 is 1.95 bits per heavy atom. The van der Waals surface area contributed by atoms with E-state index in [1.807, 2.05) is 6.07 Å². The third-order valence-corrected chi connectivity index (χ3v) is 5.43. The van der Waals surface area contributed by atoms with Crippen LogP contribution >= 0.6 is 0 Å². The van der Waals surface area contributed by atoms with Gasteiger partial charge in [-0.2, -0.15) is 0 Å². The van der Waals surface area contributed by atoms with Crippen LogP contribution < -0.4 is 0 Å². The van der Waals surface area contributed by atoms with Crippen molar-refractivity contribution < 1.29 is 9.18 Å². The predicted molar refractivity (Wildman–Crippen MR) is 81.8 cm³/mol. The fourth-order valence-corrected chi connectivity index (χ4v) is 4.06. The smallest absolute Gasteiger partial charge is 0.140 e. The summed E-state index contributed by atoms with van der Waals surface area (Å²) in [6, 6.07) is 6.44. The molecule has 1 aromatic carbocycles. The fraction of sp³-hybridized carbons (Fsp3) is 0.611. The molecule has 3 heteroatoms. The number of ketones is 1. The number of nitrogens with zero attached hydrogens (tertiary/aromatic N) is 1. The molecule has 2 atom stereocenters. The molecule has 2 unspecified atom stereocenters. The van der Waals surface area contributed by atoms with Crippen molar-refractivity contribution in [1.82, 2.24) is 4.90 Å². The monoisotopic (exact) mass is 289 g/mol. The Morgan fingerprint density at radius 1 is 1.29 bits per heavy atom. The van der Waals surface area contributed by atoms with Crippen LogP contribution in [0.4, 0.5) is 4.39 Å². The van der Waals surface area contributed by atoms with Crippen molar-refractivity contribution >= 4 is 5.78 Å². The average molecular weight is 289 g/mol. The highest BCUT2D eigenvalue weighted by Crippen LogP contribution is 2.36. The Morgan fingerprint density at radius 3 is 2.62 bits per heavy atom. The Kier molecular flexibility index (Phi) is 4.12. The van der Waals surface area contributed by atoms with Gasteiger partial charge in [0.25, 0.3) is 0 Å². The fourth-order valence-electron chi connectivity index (χ4n) is 4.06. The Bertz CT molecular complexity index is 528. The van der Waals surface area contributed by atoms with E-state index in [-0.39, 0.29) is 23.9 Å². The molecule has 21 heavy (non-hydrogen) atoms. The number of Topliss-reactive ketones (excluding diaryl/α,β-unsaturated/α-hetero) is 1. The van der Waals surface area contributed by atoms with Crippen molar-refractivity contribution in [3.63, 3.8) is 0 Å². The van der Waals surface area contributed by atoms with Crippen LogP contribution in [0.25, 0.3) is 0 Å². The molecule has 114 valence electrons. The minimum atomic E-state index is -0.209. The third kappa shape index (κ3) is 2.89. The minimum absolute atomic E-state index is 0.122. The molecule has 2 nitrogen and oxygen atoms in total. The van der Waals surface area contributed by atoms with Gasteiger partial charge in [0.05, 0.1) is 0 Å². The molecule has 2 bridgehead atoms. The maximum atomic E-state index is 14.1. The summed E-state index contributed by atoms with van der Waals surface area (Å²) < 4.78 is 14.1. The van der Waals surface area contributed by atoms with Gasteiger partial charge in [0.15, 0.2) is 0 Å². The first kappa shape index (κ1) is 14.7. The molecule has 0 N–H and O–H groups in total. The minimum Gasteiger partial charge on any atom is -0.300 e. The number of benzene rings is 1. The predicted octanol–water partition coefficient (Wildman–Crippen LogP) is 3.51. The van der Waals surface area contributed by atoms with Crippen LogP contribution in [0.15, 0.2) is 18.2 Å². The molecular weight excluding hydrogens is 265 g/mol. The van der Waals surface area contributed by atoms with Crippen molar-refractivity contribution in [2.45, 2.75) is 57.5 Å². The quantitative estimate of drug-likeness (QED) is 0.848. The zero-order chi connectivity index (χ0) is 15.0. The van der Waals surface area contributed by atoms with Gasteiger partial charge in [-0.1, -0.05) is 24.6 Å². The van der Waals surface area contributed by atoms with Crippen molar-refractivity contribution in [2.24, 2.45) is 5.92 Å². The van der Waals surface area contributed by atoms with Gasteiger partial charge in [-0.25, -0.2) is 4.39 Å². The third-order valence-electron chi connectivity index (χ3n) is 5.43. The molecule has 0 aromatic heterocycles. The van der Waals surface area contributed by atoms with Crippen LogP contribution in [0, 0.1) is 18.7 Å². The number of fused-ring (bicyclic) bond motifs is 2. The van der Waals surface area contributed by atoms with E-state index in [0.29, 0.717) is 23.2 Å². The number of aryl methyl sites for hydroxylation is 1. The van der Waals surface area contributed by atoms with Gasteiger partial charge < -0.3 is 4.90 Å². The summed E-state index contributed by atoms with van der Waals surface area (Å²) in [4.78, 5) is 15.0. The largest absolute Gasteiger partial charge is 0.300 e. The first-order valence-electron chi connectivity index (χ1n) is 8.05. The van der Waals surface area contributed by atoms with Crippen LogP contribution in [0.5, 0.6) is 0 Å². The summed E-state index contributed by atoms with van der Waals surface area (Å²) in [6.45, 7) is 1.75. The van der Waals surface area contributed by atoms with E-state index in [4.69, 9.17) is 0 Å². The maximum absolute atomic E-state index is 14.1. The molecule has 2 aliphatic heterocycles. The molecule has 0 saturated carbocycles. The molecule has 1 aromatic rings. The van der Waals surface area contributed by atoms with Gasteiger partial charge in [-0.15, -0.1) is 0 Å². The summed E-state index contributed by atoms with van der Waals surface area (Å²) >= 11 is 0. The van der Waals surface area contributed by atoms with E-state index in [1.165, 1.54) is 19.3 Å². The van der Waals surface area contributed by atoms with E-state index in [9.17, 15) is 9.18 Å². The molecule has 2 heterocycles. The summed E-state index contributed by atoms with van der Waals surface area (Å²) in [5, 5.41) is 0. The number of carbonyl (C=O) groups is 1. The topological polar surface area (TPSA) is 20.3 Å². The Balaban J connectivity index is 1.70. The van der Waals surface area contributed by atoms with Crippen LogP contribution in [-0.2, 0) is 11.2 Å². The number of carbonyl (C=O) groups excluding carboxylic acids is 1. The second-order valence-corrected chi connectivity index (χ2v) is 6.76. The molecule has 0 spiro atoms. The first-order valence-corrected chi connectivity index (χ1v) is 8.05. The van der Waals surface area contributed by atoms with Gasteiger partial charge in [0.2, 0.25) is 0 Å². The van der Waals surface area contributed by atoms with Crippen molar-refractivity contribution in [2.75, 3.05) is 7.05 Å². The lowest BCUT2D eigenvalue weighted by molar-refractivity contribution is -0.126. The maximum Gasteiger partial charge on any atom is 0.140 e. The standard InChI is InChI=1S/C18H24FNO/c1-12-5-3-6-13(18(12)19)11-17(21)14-9-15-7-4-8-16(10-14)20(15)2/h3,5-6,14-16H,4,7-11H2,1-2H3. The highest BCUT2D eigenvalue weighted by atomic mass is 19.1. The Hall–Kier alpha value is -1.22. The lowest BCUT2D eigenvalue weighted by Crippen LogP contribution is -2.51. The number of hydrogen-bond acceptors (Lipinski definition) is 2. The van der Waals surface area contributed by atoms with Crippen LogP contribution in [0.3, 0.4) is 0 Å². The van der Waals surface area contributed by atoms with Crippen LogP contribution in [-0.4, -0.2) is 29.8 Å². The van der Waals surface area contributed by atoms with E-state index < -0.39 is 0 Å². The molecule has 2 aliphatic rings. The average Bonchev–Trinajstić information content (AvgIpc) is 2.43. The van der Waals surface area contributed by atoms with Crippen molar-refractivity contribution in [3.8, 4) is 0 Å². The van der Waals surface area contributed by atoms with E-state index in [0.717, 1.165) is 12.8 Å². The van der Waals surface area contributed by atoms with E-state index in [1.54, 1.807) is 19.1 Å². The van der Waals surface area contributed by atoms with Gasteiger partial charge >= 0.3 is 0 Å². The number of rotatable bonds is 3. The normalized spacial score (nSPS) is 29.4. The molecule has 2 saturated heterocycles. The van der Waals surface area contributed by atoms with Crippen LogP contribution in [0.2, 0.25) is 0 Å². The highest BCUT2D eigenvalue weighted by Gasteiger charge is 2.38. The zero-order valence-corrected chi connectivity index (χ0v) is 12.9. The highest BCUT2D eigenvalue weighted by molar-refractivity contribution is 5.83. The van der Waals surface area contributed by atoms with Gasteiger partial charge in [0.1, 0.15) is 11.6 Å². The lowest BCUT2D eigenvalue weighted by Gasteiger charge is -2.46. The summed E-state index contributed by atoms with van der Waals surface area (Å²) in [5.74, 6) is 0.139. The van der Waals surface area contributed by atoms with Crippen molar-refractivity contribution in [1.29, 1.82) is 0 Å². The molecular formula is C18H24FNO. The summed E-state index contributed by atoms with van der Waals surface area (Å²) in [6.07, 6.45) is 5.86. The zero-order valence-electron chi connectivity index (χ0n) is 12.9. The second kappa shape index (κ2) is 5.88. The molecule has 0 radical (unpaired) electrons. The first-order chi connectivity index (χ1) is 10.1. The lowest BCUT2D eigenvalue weighted by atomic mass is 9.76. The van der Waals surface area contributed by atoms with Gasteiger partial charge in [-0.3, -0.25) is 4.79 Å². The molecule has 0 aliphatic carbocycles. The van der Waals surface area contributed by atoms with Gasteiger partial charge in [0, 0.05) is 24.4 Å². The van der Waals surface area contributed by atoms with Crippen LogP contribution in [0.1, 0.15) is 43.2 Å². The second-order valence-electron chi connectivity index (χ2n) is 6.76. The summed E-state index contributed by atoms with van der Waals surface area (Å²) in [7, 11) is 2.19. The van der Waals surface area contributed by atoms with Gasteiger partial charge in [-0.05, 0) is 50.8 Å². The number of hydrogen-bond donors (Lipinski definition) is 0. The van der Waals surface area contributed by atoms with Crippen molar-refractivity contribution in [3.05, 3.63) is 35.1 Å².